The lowest BCUT2D eigenvalue weighted by Crippen LogP contribution is -2.28. The van der Waals surface area contributed by atoms with Crippen molar-refractivity contribution >= 4 is 22.6 Å². The van der Waals surface area contributed by atoms with E-state index in [-0.39, 0.29) is 7.53 Å². The number of nitrogens with one attached hydrogen (secondary N) is 1. The highest BCUT2D eigenvalue weighted by Crippen LogP contribution is 2.13. The zero-order valence-corrected chi connectivity index (χ0v) is 13.7. The maximum absolute atomic E-state index is 5.58. The minimum Gasteiger partial charge on any atom is -0.495 e. The molecule has 0 amide bonds. The molecule has 0 aliphatic heterocycles. The summed E-state index contributed by atoms with van der Waals surface area (Å²) in [5.74, 6) is 1.36. The molecule has 106 valence electrons. The molecule has 1 N–H and O–H groups in total. The smallest absolute Gasteiger partial charge is 0.213 e. The maximum Gasteiger partial charge on any atom is 0.213 e. The third kappa shape index (κ3) is 8.52. The third-order valence-corrected chi connectivity index (χ3v) is 2.33. The van der Waals surface area contributed by atoms with Gasteiger partial charge in [-0.15, -0.1) is 0 Å². The van der Waals surface area contributed by atoms with E-state index >= 15 is 0 Å². The summed E-state index contributed by atoms with van der Waals surface area (Å²) in [5.41, 5.74) is 0. The summed E-state index contributed by atoms with van der Waals surface area (Å²) in [4.78, 5) is 4.12. The number of halogens is 1. The molecule has 1 aromatic heterocycles. The maximum atomic E-state index is 5.58. The third-order valence-electron chi connectivity index (χ3n) is 1.79. The van der Waals surface area contributed by atoms with Crippen molar-refractivity contribution in [2.75, 3.05) is 18.2 Å². The van der Waals surface area contributed by atoms with Gasteiger partial charge < -0.3 is 14.8 Å². The molecule has 5 heteroatoms. The quantitative estimate of drug-likeness (QED) is 0.474. The van der Waals surface area contributed by atoms with Gasteiger partial charge in [-0.3, -0.25) is 0 Å². The van der Waals surface area contributed by atoms with E-state index in [1.165, 1.54) is 6.42 Å². The summed E-state index contributed by atoms with van der Waals surface area (Å²) in [7, 11) is 1.62. The lowest BCUT2D eigenvalue weighted by Gasteiger charge is -2.13. The van der Waals surface area contributed by atoms with E-state index in [0.29, 0.717) is 5.88 Å². The molecule has 0 bridgehead atoms. The van der Waals surface area contributed by atoms with Gasteiger partial charge in [0.2, 0.25) is 5.88 Å². The van der Waals surface area contributed by atoms with Gasteiger partial charge in [-0.05, 0) is 13.0 Å². The average molecular weight is 368 g/mol. The largest absolute Gasteiger partial charge is 0.495 e. The van der Waals surface area contributed by atoms with Gasteiger partial charge in [0.15, 0.2) is 0 Å². The van der Waals surface area contributed by atoms with Gasteiger partial charge >= 0.3 is 0 Å². The van der Waals surface area contributed by atoms with Crippen LogP contribution in [0.4, 0.5) is 0 Å². The first-order valence-corrected chi connectivity index (χ1v) is 7.63. The second-order valence-electron chi connectivity index (χ2n) is 3.76. The van der Waals surface area contributed by atoms with Crippen LogP contribution in [-0.2, 0) is 0 Å². The summed E-state index contributed by atoms with van der Waals surface area (Å²) in [6.45, 7) is 7.07. The van der Waals surface area contributed by atoms with Crippen molar-refractivity contribution in [3.8, 4) is 11.6 Å². The number of rotatable bonds is 6. The fourth-order valence-electron chi connectivity index (χ4n) is 1.06. The first-order chi connectivity index (χ1) is 8.67. The molecule has 18 heavy (non-hydrogen) atoms. The van der Waals surface area contributed by atoms with Gasteiger partial charge in [0, 0.05) is 18.6 Å². The lowest BCUT2D eigenvalue weighted by atomic mass is 10.4. The molecule has 0 saturated carbocycles. The number of ether oxygens (including phenoxy) is 2. The predicted molar refractivity (Wildman–Crippen MR) is 85.8 cm³/mol. The van der Waals surface area contributed by atoms with Gasteiger partial charge in [0.05, 0.1) is 13.3 Å². The average Bonchev–Trinajstić information content (AvgIpc) is 2.38. The number of hydrogen-bond acceptors (Lipinski definition) is 4. The molecule has 1 aromatic rings. The van der Waals surface area contributed by atoms with Crippen LogP contribution in [0.3, 0.4) is 0 Å². The number of hydrogen-bond donors (Lipinski definition) is 1. The molecule has 4 nitrogen and oxygen atoms in total. The topological polar surface area (TPSA) is 43.4 Å². The Hall–Kier alpha value is -0.560. The standard InChI is InChI=1S/C10H15IN2O2.C3H8.H2/c1-8(5-12-7-11)15-10-4-3-9(14-2)6-13-10;1-3-2;/h3-4,6,8,12H,5,7H2,1-2H3;3H2,1-2H3;1H/t8-;;/m0../s1. The number of pyridine rings is 1. The van der Waals surface area contributed by atoms with Crippen molar-refractivity contribution in [3.05, 3.63) is 18.3 Å². The molecule has 0 unspecified atom stereocenters. The highest BCUT2D eigenvalue weighted by Gasteiger charge is 2.03. The fraction of sp³-hybridized carbons (Fsp3) is 0.615. The van der Waals surface area contributed by atoms with Crippen molar-refractivity contribution in [3.63, 3.8) is 0 Å². The molecule has 0 saturated heterocycles. The molecule has 0 radical (unpaired) electrons. The van der Waals surface area contributed by atoms with Crippen molar-refractivity contribution in [1.29, 1.82) is 0 Å². The van der Waals surface area contributed by atoms with Crippen LogP contribution >= 0.6 is 22.6 Å². The molecule has 0 aromatic carbocycles. The first-order valence-electron chi connectivity index (χ1n) is 6.11. The Kier molecular flexibility index (Phi) is 11.2. The van der Waals surface area contributed by atoms with Crippen molar-refractivity contribution in [2.45, 2.75) is 33.3 Å². The van der Waals surface area contributed by atoms with Gasteiger partial charge in [-0.2, -0.15) is 0 Å². The second-order valence-corrected chi connectivity index (χ2v) is 4.52. The van der Waals surface area contributed by atoms with Crippen molar-refractivity contribution in [1.82, 2.24) is 10.3 Å². The molecule has 0 spiro atoms. The SMILES string of the molecule is CCC.COc1ccc(O[C@@H](C)CNCI)nc1.[HH]. The highest BCUT2D eigenvalue weighted by atomic mass is 127. The number of alkyl halides is 1. The molecule has 0 aliphatic carbocycles. The highest BCUT2D eigenvalue weighted by molar-refractivity contribution is 14.1. The minimum atomic E-state index is 0. The van der Waals surface area contributed by atoms with Gasteiger partial charge in [0.1, 0.15) is 11.9 Å². The van der Waals surface area contributed by atoms with Crippen LogP contribution in [0.15, 0.2) is 18.3 Å². The molecule has 1 heterocycles. The Labute approximate surface area is 125 Å². The van der Waals surface area contributed by atoms with Crippen LogP contribution in [-0.4, -0.2) is 29.3 Å². The van der Waals surface area contributed by atoms with E-state index in [4.69, 9.17) is 9.47 Å². The molecule has 0 fully saturated rings. The number of nitrogens with zero attached hydrogens (tertiary/aromatic N) is 1. The van der Waals surface area contributed by atoms with Crippen LogP contribution in [0.2, 0.25) is 0 Å². The molecule has 1 rings (SSSR count). The summed E-state index contributed by atoms with van der Waals surface area (Å²) in [6, 6.07) is 3.64. The monoisotopic (exact) mass is 368 g/mol. The normalized spacial score (nSPS) is 11.2. The second kappa shape index (κ2) is 11.5. The van der Waals surface area contributed by atoms with E-state index < -0.39 is 0 Å². The van der Waals surface area contributed by atoms with E-state index in [9.17, 15) is 0 Å². The lowest BCUT2D eigenvalue weighted by molar-refractivity contribution is 0.211. The zero-order chi connectivity index (χ0) is 13.8. The minimum absolute atomic E-state index is 0. The van der Waals surface area contributed by atoms with Crippen molar-refractivity contribution < 1.29 is 10.9 Å². The van der Waals surface area contributed by atoms with Gasteiger partial charge in [-0.1, -0.05) is 42.9 Å². The fourth-order valence-corrected chi connectivity index (χ4v) is 1.37. The van der Waals surface area contributed by atoms with Crippen LogP contribution in [0.1, 0.15) is 28.6 Å². The summed E-state index contributed by atoms with van der Waals surface area (Å²) < 4.78 is 11.5. The molecule has 1 atom stereocenters. The Balaban J connectivity index is 0. The summed E-state index contributed by atoms with van der Waals surface area (Å²) in [5, 5.41) is 3.20. The molecular formula is C13H25IN2O2. The number of aromatic nitrogens is 1. The zero-order valence-electron chi connectivity index (χ0n) is 11.6. The Morgan fingerprint density at radius 3 is 2.56 bits per heavy atom. The Morgan fingerprint density at radius 2 is 2.11 bits per heavy atom. The van der Waals surface area contributed by atoms with E-state index in [2.05, 4.69) is 46.7 Å². The van der Waals surface area contributed by atoms with E-state index in [1.807, 2.05) is 13.0 Å². The Bertz CT molecular complexity index is 299. The Morgan fingerprint density at radius 1 is 1.44 bits per heavy atom. The molecule has 0 aliphatic rings. The van der Waals surface area contributed by atoms with Crippen LogP contribution < -0.4 is 14.8 Å². The van der Waals surface area contributed by atoms with Gasteiger partial charge in [-0.25, -0.2) is 4.98 Å². The van der Waals surface area contributed by atoms with Gasteiger partial charge in [0.25, 0.3) is 0 Å². The van der Waals surface area contributed by atoms with E-state index in [1.54, 1.807) is 19.4 Å². The van der Waals surface area contributed by atoms with E-state index in [0.717, 1.165) is 16.8 Å². The summed E-state index contributed by atoms with van der Waals surface area (Å²) in [6.07, 6.45) is 3.01. The van der Waals surface area contributed by atoms with Crippen LogP contribution in [0.25, 0.3) is 0 Å². The van der Waals surface area contributed by atoms with Crippen LogP contribution in [0, 0.1) is 0 Å². The molecular weight excluding hydrogens is 343 g/mol. The first kappa shape index (κ1) is 17.4. The van der Waals surface area contributed by atoms with Crippen molar-refractivity contribution in [2.24, 2.45) is 0 Å². The van der Waals surface area contributed by atoms with Crippen LogP contribution in [0.5, 0.6) is 11.6 Å². The predicted octanol–water partition coefficient (Wildman–Crippen LogP) is 3.50. The number of methoxy groups -OCH3 is 1. The summed E-state index contributed by atoms with van der Waals surface area (Å²) >= 11 is 2.26.